The second kappa shape index (κ2) is 16.7. The molecule has 2 aliphatic heterocycles. The van der Waals surface area contributed by atoms with Gasteiger partial charge in [-0.3, -0.25) is 0 Å². The van der Waals surface area contributed by atoms with E-state index in [0.717, 1.165) is 36.9 Å². The maximum absolute atomic E-state index is 5.39. The molecule has 3 aliphatic rings. The molecule has 4 atom stereocenters. The summed E-state index contributed by atoms with van der Waals surface area (Å²) >= 11 is 0. The Kier molecular flexibility index (Phi) is 15.2. The zero-order valence-corrected chi connectivity index (χ0v) is 22.7. The molecule has 0 spiro atoms. The normalized spacial score (nSPS) is 32.1. The standard InChI is InChI=1S/C8H16.C8H10.2C7H14O/c2*1-7-3-5-8(2)6-4-7;2*1-6-3-4-7(2)8-5-6/h7-8H,3-6H2,1-2H3;3-6H,1-2H3;2*6-7H,3-5H2,1-2H3. The molecule has 0 radical (unpaired) electrons. The summed E-state index contributed by atoms with van der Waals surface area (Å²) in [5, 5.41) is 0. The van der Waals surface area contributed by atoms with Crippen molar-refractivity contribution in [2.24, 2.45) is 23.7 Å². The summed E-state index contributed by atoms with van der Waals surface area (Å²) in [5.41, 5.74) is 2.66. The van der Waals surface area contributed by atoms with Gasteiger partial charge < -0.3 is 9.47 Å². The Bertz CT molecular complexity index is 444. The van der Waals surface area contributed by atoms with E-state index in [1.54, 1.807) is 0 Å². The highest BCUT2D eigenvalue weighted by atomic mass is 16.5. The molecule has 2 nitrogen and oxygen atoms in total. The van der Waals surface area contributed by atoms with E-state index in [1.807, 2.05) is 0 Å². The number of rotatable bonds is 0. The van der Waals surface area contributed by atoms with Gasteiger partial charge in [0.15, 0.2) is 0 Å². The van der Waals surface area contributed by atoms with Gasteiger partial charge in [0, 0.05) is 13.2 Å². The monoisotopic (exact) mass is 446 g/mol. The van der Waals surface area contributed by atoms with Crippen LogP contribution >= 0.6 is 0 Å². The molecular weight excluding hydrogens is 392 g/mol. The van der Waals surface area contributed by atoms with Gasteiger partial charge in [0.05, 0.1) is 12.2 Å². The lowest BCUT2D eigenvalue weighted by molar-refractivity contribution is 0.000174. The molecule has 3 fully saturated rings. The molecule has 1 aromatic rings. The molecular formula is C30H54O2. The topological polar surface area (TPSA) is 18.5 Å². The van der Waals surface area contributed by atoms with Crippen molar-refractivity contribution in [3.05, 3.63) is 35.4 Å². The summed E-state index contributed by atoms with van der Waals surface area (Å²) in [6, 6.07) is 8.48. The van der Waals surface area contributed by atoms with Crippen LogP contribution in [-0.4, -0.2) is 25.4 Å². The van der Waals surface area contributed by atoms with Gasteiger partial charge in [0.1, 0.15) is 0 Å². The first-order valence-corrected chi connectivity index (χ1v) is 13.4. The maximum Gasteiger partial charge on any atom is 0.0547 e. The van der Waals surface area contributed by atoms with E-state index in [0.29, 0.717) is 12.2 Å². The van der Waals surface area contributed by atoms with Crippen LogP contribution in [0.2, 0.25) is 0 Å². The van der Waals surface area contributed by atoms with Gasteiger partial charge in [-0.15, -0.1) is 0 Å². The van der Waals surface area contributed by atoms with Gasteiger partial charge >= 0.3 is 0 Å². The minimum absolute atomic E-state index is 0.520. The summed E-state index contributed by atoms with van der Waals surface area (Å²) < 4.78 is 10.8. The number of ether oxygens (including phenoxy) is 2. The number of hydrogen-bond acceptors (Lipinski definition) is 2. The predicted molar refractivity (Wildman–Crippen MR) is 140 cm³/mol. The van der Waals surface area contributed by atoms with Crippen LogP contribution < -0.4 is 0 Å². The summed E-state index contributed by atoms with van der Waals surface area (Å²) in [6.45, 7) is 19.6. The van der Waals surface area contributed by atoms with E-state index in [-0.39, 0.29) is 0 Å². The highest BCUT2D eigenvalue weighted by Crippen LogP contribution is 2.27. The molecule has 2 heterocycles. The third-order valence-electron chi connectivity index (χ3n) is 6.99. The van der Waals surface area contributed by atoms with Crippen LogP contribution in [0.3, 0.4) is 0 Å². The first kappa shape index (κ1) is 29.2. The molecule has 2 saturated heterocycles. The van der Waals surface area contributed by atoms with Crippen LogP contribution in [0.4, 0.5) is 0 Å². The second-order valence-corrected chi connectivity index (χ2v) is 11.2. The van der Waals surface area contributed by atoms with E-state index < -0.39 is 0 Å². The van der Waals surface area contributed by atoms with E-state index in [2.05, 4.69) is 79.7 Å². The highest BCUT2D eigenvalue weighted by Gasteiger charge is 2.14. The van der Waals surface area contributed by atoms with Crippen molar-refractivity contribution in [1.29, 1.82) is 0 Å². The van der Waals surface area contributed by atoms with Crippen LogP contribution in [0.5, 0.6) is 0 Å². The van der Waals surface area contributed by atoms with Crippen molar-refractivity contribution in [3.8, 4) is 0 Å². The van der Waals surface area contributed by atoms with Crippen LogP contribution in [0, 0.1) is 37.5 Å². The lowest BCUT2D eigenvalue weighted by atomic mass is 9.84. The van der Waals surface area contributed by atoms with Crippen molar-refractivity contribution < 1.29 is 9.47 Å². The van der Waals surface area contributed by atoms with Crippen LogP contribution in [-0.2, 0) is 9.47 Å². The van der Waals surface area contributed by atoms with Crippen LogP contribution in [0.25, 0.3) is 0 Å². The van der Waals surface area contributed by atoms with Crippen LogP contribution in [0.1, 0.15) is 104 Å². The van der Waals surface area contributed by atoms with Gasteiger partial charge in [0.2, 0.25) is 0 Å². The summed E-state index contributed by atoms with van der Waals surface area (Å²) in [4.78, 5) is 0. The molecule has 0 N–H and O–H groups in total. The molecule has 0 amide bonds. The Hall–Kier alpha value is -0.860. The van der Waals surface area contributed by atoms with Crippen molar-refractivity contribution in [2.45, 2.75) is 119 Å². The minimum Gasteiger partial charge on any atom is -0.378 e. The van der Waals surface area contributed by atoms with E-state index in [4.69, 9.17) is 9.47 Å². The van der Waals surface area contributed by atoms with Crippen molar-refractivity contribution >= 4 is 0 Å². The maximum atomic E-state index is 5.39. The minimum atomic E-state index is 0.520. The lowest BCUT2D eigenvalue weighted by Gasteiger charge is -2.23. The van der Waals surface area contributed by atoms with E-state index >= 15 is 0 Å². The SMILES string of the molecule is CC1CCC(C)CC1.CC1CCC(C)OC1.CC1CCC(C)OC1.Cc1ccc(C)cc1. The number of aryl methyl sites for hydroxylation is 2. The number of hydrogen-bond donors (Lipinski definition) is 0. The quantitative estimate of drug-likeness (QED) is 0.396. The van der Waals surface area contributed by atoms with Gasteiger partial charge in [-0.2, -0.15) is 0 Å². The first-order valence-electron chi connectivity index (χ1n) is 13.4. The Balaban J connectivity index is 0.000000213. The van der Waals surface area contributed by atoms with Gasteiger partial charge in [-0.05, 0) is 77.0 Å². The third-order valence-corrected chi connectivity index (χ3v) is 6.99. The van der Waals surface area contributed by atoms with Crippen molar-refractivity contribution in [2.75, 3.05) is 13.2 Å². The highest BCUT2D eigenvalue weighted by molar-refractivity contribution is 5.19. The summed E-state index contributed by atoms with van der Waals surface area (Å²) in [7, 11) is 0. The molecule has 1 aromatic carbocycles. The van der Waals surface area contributed by atoms with E-state index in [9.17, 15) is 0 Å². The molecule has 1 saturated carbocycles. The largest absolute Gasteiger partial charge is 0.378 e. The third kappa shape index (κ3) is 15.1. The smallest absolute Gasteiger partial charge is 0.0547 e. The average Bonchev–Trinajstić information content (AvgIpc) is 2.78. The van der Waals surface area contributed by atoms with Gasteiger partial charge in [-0.1, -0.05) is 88.8 Å². The fourth-order valence-corrected chi connectivity index (χ4v) is 4.09. The summed E-state index contributed by atoms with van der Waals surface area (Å²) in [6.07, 6.45) is 12.1. The Morgan fingerprint density at radius 2 is 0.750 bits per heavy atom. The molecule has 4 unspecified atom stereocenters. The Labute approximate surface area is 200 Å². The van der Waals surface area contributed by atoms with E-state index in [1.165, 1.54) is 62.5 Å². The van der Waals surface area contributed by atoms with Crippen molar-refractivity contribution in [3.63, 3.8) is 0 Å². The Morgan fingerprint density at radius 3 is 0.969 bits per heavy atom. The molecule has 1 aliphatic carbocycles. The molecule has 32 heavy (non-hydrogen) atoms. The second-order valence-electron chi connectivity index (χ2n) is 11.2. The lowest BCUT2D eigenvalue weighted by Crippen LogP contribution is -2.21. The zero-order valence-electron chi connectivity index (χ0n) is 22.7. The van der Waals surface area contributed by atoms with Crippen molar-refractivity contribution in [1.82, 2.24) is 0 Å². The zero-order chi connectivity index (χ0) is 23.9. The molecule has 0 aromatic heterocycles. The van der Waals surface area contributed by atoms with Gasteiger partial charge in [-0.25, -0.2) is 0 Å². The van der Waals surface area contributed by atoms with Crippen LogP contribution in [0.15, 0.2) is 24.3 Å². The molecule has 0 bridgehead atoms. The average molecular weight is 447 g/mol. The molecule has 4 rings (SSSR count). The first-order chi connectivity index (χ1) is 15.2. The predicted octanol–water partition coefficient (Wildman–Crippen LogP) is 8.78. The molecule has 186 valence electrons. The molecule has 2 heteroatoms. The Morgan fingerprint density at radius 1 is 0.469 bits per heavy atom. The fraction of sp³-hybridized carbons (Fsp3) is 0.800. The summed E-state index contributed by atoms with van der Waals surface area (Å²) in [5.74, 6) is 3.63. The van der Waals surface area contributed by atoms with Gasteiger partial charge in [0.25, 0.3) is 0 Å². The number of benzene rings is 1. The fourth-order valence-electron chi connectivity index (χ4n) is 4.09.